The lowest BCUT2D eigenvalue weighted by Gasteiger charge is -2.57. The minimum Gasteiger partial charge on any atom is -0.478 e. The minimum absolute atomic E-state index is 0.0409. The Bertz CT molecular complexity index is 1220. The highest BCUT2D eigenvalue weighted by molar-refractivity contribution is 5.98. The second-order valence-electron chi connectivity index (χ2n) is 11.3. The van der Waals surface area contributed by atoms with Crippen molar-refractivity contribution in [1.82, 2.24) is 0 Å². The Hall–Kier alpha value is -2.69. The van der Waals surface area contributed by atoms with Crippen molar-refractivity contribution in [3.8, 4) is 11.1 Å². The summed E-state index contributed by atoms with van der Waals surface area (Å²) in [7, 11) is 1.68. The van der Waals surface area contributed by atoms with Crippen LogP contribution in [0.15, 0.2) is 54.6 Å². The molecule has 4 heteroatoms. The predicted molar refractivity (Wildman–Crippen MR) is 138 cm³/mol. The van der Waals surface area contributed by atoms with Crippen molar-refractivity contribution in [2.45, 2.75) is 57.0 Å². The SMILES string of the molecule is COCOC(C)c1cc2cccc(-c3ccc(C(=O)O)cc3)c2cc1C12CC3CC(CC(C3)C1)C2. The fourth-order valence-electron chi connectivity index (χ4n) is 7.88. The maximum Gasteiger partial charge on any atom is 0.335 e. The largest absolute Gasteiger partial charge is 0.478 e. The highest BCUT2D eigenvalue weighted by Crippen LogP contribution is 2.61. The van der Waals surface area contributed by atoms with Gasteiger partial charge in [0.15, 0.2) is 0 Å². The second-order valence-corrected chi connectivity index (χ2v) is 11.3. The molecule has 0 heterocycles. The summed E-state index contributed by atoms with van der Waals surface area (Å²) in [5.74, 6) is 1.68. The highest BCUT2D eigenvalue weighted by Gasteiger charge is 2.52. The average molecular weight is 471 g/mol. The lowest BCUT2D eigenvalue weighted by atomic mass is 9.47. The third-order valence-corrected chi connectivity index (χ3v) is 8.98. The van der Waals surface area contributed by atoms with E-state index < -0.39 is 5.97 Å². The monoisotopic (exact) mass is 470 g/mol. The van der Waals surface area contributed by atoms with E-state index in [-0.39, 0.29) is 18.3 Å². The Morgan fingerprint density at radius 2 is 1.66 bits per heavy atom. The van der Waals surface area contributed by atoms with Crippen LogP contribution >= 0.6 is 0 Å². The van der Waals surface area contributed by atoms with Crippen LogP contribution in [0, 0.1) is 17.8 Å². The number of rotatable bonds is 7. The molecule has 35 heavy (non-hydrogen) atoms. The van der Waals surface area contributed by atoms with Gasteiger partial charge in [-0.25, -0.2) is 4.79 Å². The minimum atomic E-state index is -0.895. The lowest BCUT2D eigenvalue weighted by Crippen LogP contribution is -2.49. The molecule has 0 aromatic heterocycles. The number of fused-ring (bicyclic) bond motifs is 1. The summed E-state index contributed by atoms with van der Waals surface area (Å²) < 4.78 is 11.4. The molecule has 3 aromatic carbocycles. The van der Waals surface area contributed by atoms with Gasteiger partial charge in [0.25, 0.3) is 0 Å². The molecule has 0 radical (unpaired) electrons. The molecule has 4 nitrogen and oxygen atoms in total. The van der Waals surface area contributed by atoms with Gasteiger partial charge >= 0.3 is 5.97 Å². The zero-order valence-corrected chi connectivity index (χ0v) is 20.6. The first-order valence-corrected chi connectivity index (χ1v) is 13.0. The number of carbonyl (C=O) groups is 1. The number of benzene rings is 3. The summed E-state index contributed by atoms with van der Waals surface area (Å²) in [5.41, 5.74) is 5.53. The Labute approximate surface area is 207 Å². The number of aromatic carboxylic acids is 1. The molecule has 4 aliphatic carbocycles. The molecule has 1 unspecified atom stereocenters. The molecule has 7 rings (SSSR count). The van der Waals surface area contributed by atoms with Crippen molar-refractivity contribution in [3.63, 3.8) is 0 Å². The van der Waals surface area contributed by atoms with Crippen LogP contribution in [0.1, 0.15) is 73.0 Å². The van der Waals surface area contributed by atoms with Crippen molar-refractivity contribution < 1.29 is 19.4 Å². The smallest absolute Gasteiger partial charge is 0.335 e. The van der Waals surface area contributed by atoms with Crippen LogP contribution in [0.2, 0.25) is 0 Å². The van der Waals surface area contributed by atoms with Crippen molar-refractivity contribution >= 4 is 16.7 Å². The molecule has 3 aromatic rings. The van der Waals surface area contributed by atoms with E-state index in [0.717, 1.165) is 28.9 Å². The van der Waals surface area contributed by atoms with E-state index >= 15 is 0 Å². The third kappa shape index (κ3) is 3.97. The molecule has 0 spiro atoms. The van der Waals surface area contributed by atoms with Crippen LogP contribution in [0.4, 0.5) is 0 Å². The van der Waals surface area contributed by atoms with E-state index in [2.05, 4.69) is 37.3 Å². The van der Waals surface area contributed by atoms with E-state index in [1.54, 1.807) is 19.2 Å². The van der Waals surface area contributed by atoms with E-state index in [0.29, 0.717) is 5.56 Å². The van der Waals surface area contributed by atoms with Crippen LogP contribution in [0.3, 0.4) is 0 Å². The zero-order chi connectivity index (χ0) is 24.2. The fourth-order valence-corrected chi connectivity index (χ4v) is 7.88. The molecule has 0 amide bonds. The molecule has 0 aliphatic heterocycles. The lowest BCUT2D eigenvalue weighted by molar-refractivity contribution is -0.0683. The van der Waals surface area contributed by atoms with Gasteiger partial charge in [0, 0.05) is 7.11 Å². The van der Waals surface area contributed by atoms with Crippen molar-refractivity contribution in [1.29, 1.82) is 0 Å². The molecule has 4 aliphatic rings. The highest BCUT2D eigenvalue weighted by atomic mass is 16.7. The first kappa shape index (κ1) is 22.8. The van der Waals surface area contributed by atoms with Gasteiger partial charge in [-0.2, -0.15) is 0 Å². The van der Waals surface area contributed by atoms with Crippen LogP contribution in [-0.2, 0) is 14.9 Å². The summed E-state index contributed by atoms with van der Waals surface area (Å²) in [4.78, 5) is 11.4. The Kier molecular flexibility index (Phi) is 5.69. The Balaban J connectivity index is 1.52. The van der Waals surface area contributed by atoms with Gasteiger partial charge in [0.1, 0.15) is 6.79 Å². The fraction of sp³-hybridized carbons (Fsp3) is 0.452. The van der Waals surface area contributed by atoms with Gasteiger partial charge in [-0.15, -0.1) is 0 Å². The van der Waals surface area contributed by atoms with E-state index in [4.69, 9.17) is 9.47 Å². The van der Waals surface area contributed by atoms with Crippen molar-refractivity contribution in [3.05, 3.63) is 71.3 Å². The second kappa shape index (κ2) is 8.76. The number of methoxy groups -OCH3 is 1. The average Bonchev–Trinajstić information content (AvgIpc) is 2.85. The van der Waals surface area contributed by atoms with Crippen molar-refractivity contribution in [2.24, 2.45) is 17.8 Å². The molecule has 1 N–H and O–H groups in total. The number of carboxylic acid groups (broad SMARTS) is 1. The van der Waals surface area contributed by atoms with Crippen molar-refractivity contribution in [2.75, 3.05) is 13.9 Å². The van der Waals surface area contributed by atoms with Gasteiger partial charge < -0.3 is 14.6 Å². The molecular weight excluding hydrogens is 436 g/mol. The topological polar surface area (TPSA) is 55.8 Å². The predicted octanol–water partition coefficient (Wildman–Crippen LogP) is 7.35. The Morgan fingerprint density at radius 3 is 2.26 bits per heavy atom. The van der Waals surface area contributed by atoms with Crippen LogP contribution < -0.4 is 0 Å². The van der Waals surface area contributed by atoms with Gasteiger partial charge in [-0.3, -0.25) is 0 Å². The molecule has 1 atom stereocenters. The first-order chi connectivity index (χ1) is 17.0. The van der Waals surface area contributed by atoms with Gasteiger partial charge in [-0.05, 0) is 126 Å². The number of hydrogen-bond donors (Lipinski definition) is 1. The molecule has 0 saturated heterocycles. The molecular formula is C31H34O4. The number of carboxylic acids is 1. The maximum absolute atomic E-state index is 11.4. The summed E-state index contributed by atoms with van der Waals surface area (Å²) in [6.07, 6.45) is 8.09. The molecule has 4 bridgehead atoms. The first-order valence-electron chi connectivity index (χ1n) is 13.0. The molecule has 4 fully saturated rings. The zero-order valence-electron chi connectivity index (χ0n) is 20.6. The van der Waals surface area contributed by atoms with Crippen LogP contribution in [0.25, 0.3) is 21.9 Å². The quantitative estimate of drug-likeness (QED) is 0.367. The third-order valence-electron chi connectivity index (χ3n) is 8.98. The summed E-state index contributed by atoms with van der Waals surface area (Å²) in [5, 5.41) is 11.8. The van der Waals surface area contributed by atoms with Crippen LogP contribution in [0.5, 0.6) is 0 Å². The number of ether oxygens (including phenoxy) is 2. The van der Waals surface area contributed by atoms with Gasteiger partial charge in [0.05, 0.1) is 11.7 Å². The Morgan fingerprint density at radius 1 is 1.00 bits per heavy atom. The van der Waals surface area contributed by atoms with E-state index in [1.807, 2.05) is 12.1 Å². The van der Waals surface area contributed by atoms with Gasteiger partial charge in [-0.1, -0.05) is 30.3 Å². The normalized spacial score (nSPS) is 27.9. The summed E-state index contributed by atoms with van der Waals surface area (Å²) in [6.45, 7) is 2.44. The number of hydrogen-bond acceptors (Lipinski definition) is 3. The summed E-state index contributed by atoms with van der Waals surface area (Å²) in [6, 6.07) is 18.5. The van der Waals surface area contributed by atoms with E-state index in [1.165, 1.54) is 60.4 Å². The maximum atomic E-state index is 11.4. The van der Waals surface area contributed by atoms with E-state index in [9.17, 15) is 9.90 Å². The van der Waals surface area contributed by atoms with Crippen LogP contribution in [-0.4, -0.2) is 25.0 Å². The molecule has 182 valence electrons. The molecule has 4 saturated carbocycles. The van der Waals surface area contributed by atoms with Gasteiger partial charge in [0.2, 0.25) is 0 Å². The standard InChI is InChI=1S/C31H34O4/c1-19(35-18-34-2)27-13-25-4-3-5-26(23-6-8-24(9-7-23)30(32)33)28(25)14-29(27)31-15-20-10-21(16-31)12-22(11-20)17-31/h3-9,13-14,19-22H,10-12,15-18H2,1-2H3,(H,32,33). The summed E-state index contributed by atoms with van der Waals surface area (Å²) >= 11 is 0.